The van der Waals surface area contributed by atoms with E-state index >= 15 is 0 Å². The van der Waals surface area contributed by atoms with Gasteiger partial charge in [-0.3, -0.25) is 9.48 Å². The van der Waals surface area contributed by atoms with Gasteiger partial charge in [0, 0.05) is 12.6 Å². The van der Waals surface area contributed by atoms with Crippen molar-refractivity contribution in [2.24, 2.45) is 7.05 Å². The van der Waals surface area contributed by atoms with Gasteiger partial charge >= 0.3 is 0 Å². The van der Waals surface area contributed by atoms with Gasteiger partial charge in [0.15, 0.2) is 5.78 Å². The van der Waals surface area contributed by atoms with Gasteiger partial charge in [-0.05, 0) is 33.8 Å². The highest BCUT2D eigenvalue weighted by Crippen LogP contribution is 2.24. The molecule has 0 saturated carbocycles. The van der Waals surface area contributed by atoms with Crippen LogP contribution in [0.15, 0.2) is 28.7 Å². The molecule has 0 aliphatic rings. The van der Waals surface area contributed by atoms with E-state index in [0.717, 1.165) is 21.4 Å². The van der Waals surface area contributed by atoms with E-state index in [1.807, 2.05) is 38.2 Å². The highest BCUT2D eigenvalue weighted by Gasteiger charge is 2.17. The number of nitrogens with zero attached hydrogens (tertiary/aromatic N) is 2. The number of Topliss-reactive ketones (excluding diaryl/α,β-unsaturated/α-hetero) is 1. The SMILES string of the molecule is Cc1nn(C)c(CC(=O)c2ccc(C(C)(C)C)cc2)c1Br. The first-order valence-corrected chi connectivity index (χ1v) is 7.81. The molecule has 0 radical (unpaired) electrons. The Morgan fingerprint density at radius 2 is 1.81 bits per heavy atom. The van der Waals surface area contributed by atoms with Crippen molar-refractivity contribution in [3.05, 3.63) is 51.3 Å². The summed E-state index contributed by atoms with van der Waals surface area (Å²) in [6.45, 7) is 8.42. The molecule has 4 heteroatoms. The molecule has 0 spiro atoms. The summed E-state index contributed by atoms with van der Waals surface area (Å²) in [5, 5.41) is 4.32. The Labute approximate surface area is 134 Å². The molecule has 0 bridgehead atoms. The van der Waals surface area contributed by atoms with Crippen molar-refractivity contribution in [3.8, 4) is 0 Å². The molecule has 0 N–H and O–H groups in total. The van der Waals surface area contributed by atoms with E-state index in [1.54, 1.807) is 4.68 Å². The fourth-order valence-electron chi connectivity index (χ4n) is 2.28. The van der Waals surface area contributed by atoms with Crippen molar-refractivity contribution >= 4 is 21.7 Å². The molecule has 3 nitrogen and oxygen atoms in total. The first kappa shape index (κ1) is 16.0. The minimum absolute atomic E-state index is 0.101. The van der Waals surface area contributed by atoms with Crippen LogP contribution in [0.3, 0.4) is 0 Å². The van der Waals surface area contributed by atoms with Crippen LogP contribution >= 0.6 is 15.9 Å². The van der Waals surface area contributed by atoms with Crippen LogP contribution < -0.4 is 0 Å². The second kappa shape index (κ2) is 5.76. The highest BCUT2D eigenvalue weighted by molar-refractivity contribution is 9.10. The fourth-order valence-corrected chi connectivity index (χ4v) is 2.76. The molecule has 0 aliphatic heterocycles. The first-order valence-electron chi connectivity index (χ1n) is 7.02. The van der Waals surface area contributed by atoms with Gasteiger partial charge in [-0.15, -0.1) is 0 Å². The molecule has 112 valence electrons. The van der Waals surface area contributed by atoms with Crippen LogP contribution in [0.2, 0.25) is 0 Å². The number of hydrogen-bond acceptors (Lipinski definition) is 2. The number of hydrogen-bond donors (Lipinski definition) is 0. The summed E-state index contributed by atoms with van der Waals surface area (Å²) in [5.41, 5.74) is 3.90. The average molecular weight is 349 g/mol. The van der Waals surface area contributed by atoms with Gasteiger partial charge in [-0.1, -0.05) is 45.0 Å². The molecule has 0 amide bonds. The number of carbonyl (C=O) groups excluding carboxylic acids is 1. The summed E-state index contributed by atoms with van der Waals surface area (Å²) in [7, 11) is 1.86. The summed E-state index contributed by atoms with van der Waals surface area (Å²) in [6.07, 6.45) is 0.354. The van der Waals surface area contributed by atoms with E-state index in [4.69, 9.17) is 0 Å². The zero-order chi connectivity index (χ0) is 15.8. The van der Waals surface area contributed by atoms with Gasteiger partial charge < -0.3 is 0 Å². The van der Waals surface area contributed by atoms with Crippen molar-refractivity contribution in [2.45, 2.75) is 39.5 Å². The largest absolute Gasteiger partial charge is 0.294 e. The Hall–Kier alpha value is -1.42. The van der Waals surface area contributed by atoms with Gasteiger partial charge in [-0.25, -0.2) is 0 Å². The third-order valence-corrected chi connectivity index (χ3v) is 4.69. The Bertz CT molecular complexity index is 663. The lowest BCUT2D eigenvalue weighted by Crippen LogP contribution is -2.12. The van der Waals surface area contributed by atoms with E-state index in [0.29, 0.717) is 6.42 Å². The minimum atomic E-state index is 0.101. The number of halogens is 1. The number of ketones is 1. The monoisotopic (exact) mass is 348 g/mol. The smallest absolute Gasteiger partial charge is 0.168 e. The van der Waals surface area contributed by atoms with Crippen LogP contribution in [-0.2, 0) is 18.9 Å². The standard InChI is InChI=1S/C17H21BrN2O/c1-11-16(18)14(20(5)19-11)10-15(21)12-6-8-13(9-7-12)17(2,3)4/h6-9H,10H2,1-5H3. The zero-order valence-corrected chi connectivity index (χ0v) is 14.8. The van der Waals surface area contributed by atoms with Crippen molar-refractivity contribution in [1.82, 2.24) is 9.78 Å². The lowest BCUT2D eigenvalue weighted by atomic mass is 9.86. The lowest BCUT2D eigenvalue weighted by molar-refractivity contribution is 0.0990. The van der Waals surface area contributed by atoms with Crippen molar-refractivity contribution in [1.29, 1.82) is 0 Å². The van der Waals surface area contributed by atoms with Gasteiger partial charge in [-0.2, -0.15) is 5.10 Å². The highest BCUT2D eigenvalue weighted by atomic mass is 79.9. The molecule has 0 aliphatic carbocycles. The maximum Gasteiger partial charge on any atom is 0.168 e. The van der Waals surface area contributed by atoms with E-state index in [2.05, 4.69) is 41.8 Å². The first-order chi connectivity index (χ1) is 9.70. The Kier molecular flexibility index (Phi) is 4.38. The maximum atomic E-state index is 12.4. The number of benzene rings is 1. The second-order valence-electron chi connectivity index (χ2n) is 6.40. The third kappa shape index (κ3) is 3.43. The summed E-state index contributed by atoms with van der Waals surface area (Å²) >= 11 is 3.50. The van der Waals surface area contributed by atoms with E-state index in [1.165, 1.54) is 5.56 Å². The number of rotatable bonds is 3. The zero-order valence-electron chi connectivity index (χ0n) is 13.2. The molecule has 1 aromatic carbocycles. The summed E-state index contributed by atoms with van der Waals surface area (Å²) in [4.78, 5) is 12.4. The van der Waals surface area contributed by atoms with Gasteiger partial charge in [0.25, 0.3) is 0 Å². The normalized spacial score (nSPS) is 11.7. The Balaban J connectivity index is 2.21. The predicted octanol–water partition coefficient (Wildman–Crippen LogP) is 4.21. The molecule has 0 saturated heterocycles. The topological polar surface area (TPSA) is 34.9 Å². The van der Waals surface area contributed by atoms with E-state index in [9.17, 15) is 4.79 Å². The molecule has 1 aromatic heterocycles. The molecule has 0 fully saturated rings. The van der Waals surface area contributed by atoms with Gasteiger partial charge in [0.2, 0.25) is 0 Å². The second-order valence-corrected chi connectivity index (χ2v) is 7.19. The number of aryl methyl sites for hydroxylation is 2. The minimum Gasteiger partial charge on any atom is -0.294 e. The van der Waals surface area contributed by atoms with Crippen LogP contribution in [0, 0.1) is 6.92 Å². The predicted molar refractivity (Wildman–Crippen MR) is 88.8 cm³/mol. The lowest BCUT2D eigenvalue weighted by Gasteiger charge is -2.19. The molecule has 21 heavy (non-hydrogen) atoms. The number of aromatic nitrogens is 2. The molecule has 0 unspecified atom stereocenters. The van der Waals surface area contributed by atoms with Gasteiger partial charge in [0.1, 0.15) is 0 Å². The van der Waals surface area contributed by atoms with E-state index < -0.39 is 0 Å². The average Bonchev–Trinajstić information content (AvgIpc) is 2.64. The van der Waals surface area contributed by atoms with Crippen molar-refractivity contribution < 1.29 is 4.79 Å². The quantitative estimate of drug-likeness (QED) is 0.778. The van der Waals surface area contributed by atoms with Crippen molar-refractivity contribution in [3.63, 3.8) is 0 Å². The van der Waals surface area contributed by atoms with Crippen LogP contribution in [0.4, 0.5) is 0 Å². The molecule has 1 heterocycles. The summed E-state index contributed by atoms with van der Waals surface area (Å²) < 4.78 is 2.69. The van der Waals surface area contributed by atoms with Crippen LogP contribution in [0.25, 0.3) is 0 Å². The Morgan fingerprint density at radius 3 is 2.24 bits per heavy atom. The van der Waals surface area contributed by atoms with Crippen LogP contribution in [0.1, 0.15) is 48.1 Å². The van der Waals surface area contributed by atoms with E-state index in [-0.39, 0.29) is 11.2 Å². The molecule has 0 atom stereocenters. The van der Waals surface area contributed by atoms with Crippen LogP contribution in [0.5, 0.6) is 0 Å². The molecular weight excluding hydrogens is 328 g/mol. The maximum absolute atomic E-state index is 12.4. The Morgan fingerprint density at radius 1 is 1.24 bits per heavy atom. The molecule has 2 rings (SSSR count). The fraction of sp³-hybridized carbons (Fsp3) is 0.412. The summed E-state index contributed by atoms with van der Waals surface area (Å²) in [6, 6.07) is 7.91. The summed E-state index contributed by atoms with van der Waals surface area (Å²) in [5.74, 6) is 0.110. The van der Waals surface area contributed by atoms with Gasteiger partial charge in [0.05, 0.1) is 22.3 Å². The van der Waals surface area contributed by atoms with Crippen molar-refractivity contribution in [2.75, 3.05) is 0 Å². The molecular formula is C17H21BrN2O. The number of carbonyl (C=O) groups is 1. The molecule has 2 aromatic rings. The van der Waals surface area contributed by atoms with Crippen LogP contribution in [-0.4, -0.2) is 15.6 Å². The third-order valence-electron chi connectivity index (χ3n) is 3.66.